The average Bonchev–Trinajstić information content (AvgIpc) is 2.37. The number of benzene rings is 1. The molecule has 0 spiro atoms. The minimum Gasteiger partial charge on any atom is -0.490 e. The van der Waals surface area contributed by atoms with Crippen molar-refractivity contribution in [2.45, 2.75) is 25.0 Å². The third-order valence-electron chi connectivity index (χ3n) is 3.41. The van der Waals surface area contributed by atoms with Gasteiger partial charge in [0.15, 0.2) is 0 Å². The molecule has 5 nitrogen and oxygen atoms in total. The fourth-order valence-corrected chi connectivity index (χ4v) is 2.44. The minimum absolute atomic E-state index is 0.0285. The van der Waals surface area contributed by atoms with Gasteiger partial charge in [0.25, 0.3) is 5.91 Å². The zero-order valence-corrected chi connectivity index (χ0v) is 10.0. The number of nitrogens with one attached hydrogen (secondary N) is 1. The third kappa shape index (κ3) is 2.01. The average molecular weight is 248 g/mol. The van der Waals surface area contributed by atoms with Gasteiger partial charge in [0, 0.05) is 12.3 Å². The Kier molecular flexibility index (Phi) is 2.83. The molecule has 2 atom stereocenters. The van der Waals surface area contributed by atoms with Crippen LogP contribution in [-0.2, 0) is 4.74 Å². The molecule has 2 unspecified atom stereocenters. The predicted octanol–water partition coefficient (Wildman–Crippen LogP) is 0.939. The highest BCUT2D eigenvalue weighted by atomic mass is 16.5. The maximum absolute atomic E-state index is 12.2. The fraction of sp³-hybridized carbons (Fsp3) is 0.462. The number of ether oxygens (including phenoxy) is 2. The summed E-state index contributed by atoms with van der Waals surface area (Å²) < 4.78 is 11.3. The first-order valence-electron chi connectivity index (χ1n) is 6.19. The van der Waals surface area contributed by atoms with Crippen LogP contribution in [0, 0.1) is 0 Å². The fourth-order valence-electron chi connectivity index (χ4n) is 2.44. The van der Waals surface area contributed by atoms with Crippen LogP contribution in [-0.4, -0.2) is 31.3 Å². The third-order valence-corrected chi connectivity index (χ3v) is 3.41. The highest BCUT2D eigenvalue weighted by Gasteiger charge is 2.31. The van der Waals surface area contributed by atoms with Crippen LogP contribution in [0.4, 0.5) is 5.69 Å². The molecule has 0 aromatic heterocycles. The summed E-state index contributed by atoms with van der Waals surface area (Å²) in [6.45, 7) is 1.19. The normalized spacial score (nSPS) is 27.0. The van der Waals surface area contributed by atoms with Gasteiger partial charge in [0.2, 0.25) is 0 Å². The first-order valence-corrected chi connectivity index (χ1v) is 6.19. The van der Waals surface area contributed by atoms with E-state index >= 15 is 0 Å². The van der Waals surface area contributed by atoms with E-state index in [0.29, 0.717) is 23.6 Å². The van der Waals surface area contributed by atoms with Gasteiger partial charge in [-0.15, -0.1) is 0 Å². The number of carbonyl (C=O) groups is 1. The van der Waals surface area contributed by atoms with Gasteiger partial charge >= 0.3 is 0 Å². The van der Waals surface area contributed by atoms with Crippen molar-refractivity contribution >= 4 is 11.6 Å². The molecule has 1 amide bonds. The molecule has 5 heteroatoms. The van der Waals surface area contributed by atoms with Crippen LogP contribution >= 0.6 is 0 Å². The van der Waals surface area contributed by atoms with Gasteiger partial charge in [0.05, 0.1) is 11.6 Å². The van der Waals surface area contributed by atoms with Crippen molar-refractivity contribution < 1.29 is 14.3 Å². The van der Waals surface area contributed by atoms with E-state index in [1.165, 1.54) is 0 Å². The Morgan fingerprint density at radius 3 is 3.17 bits per heavy atom. The number of hydrogen-bond donors (Lipinski definition) is 2. The number of hydrogen-bond acceptors (Lipinski definition) is 4. The van der Waals surface area contributed by atoms with Crippen molar-refractivity contribution in [3.8, 4) is 5.75 Å². The number of rotatable bonds is 0. The lowest BCUT2D eigenvalue weighted by molar-refractivity contribution is -0.0337. The van der Waals surface area contributed by atoms with E-state index < -0.39 is 0 Å². The molecule has 2 heterocycles. The predicted molar refractivity (Wildman–Crippen MR) is 66.6 cm³/mol. The van der Waals surface area contributed by atoms with Crippen molar-refractivity contribution in [1.82, 2.24) is 5.32 Å². The first-order chi connectivity index (χ1) is 8.74. The summed E-state index contributed by atoms with van der Waals surface area (Å²) in [6, 6.07) is 5.13. The second kappa shape index (κ2) is 4.49. The summed E-state index contributed by atoms with van der Waals surface area (Å²) >= 11 is 0. The van der Waals surface area contributed by atoms with Gasteiger partial charge in [-0.25, -0.2) is 0 Å². The molecule has 1 fully saturated rings. The summed E-state index contributed by atoms with van der Waals surface area (Å²) in [4.78, 5) is 12.2. The Hall–Kier alpha value is -1.75. The van der Waals surface area contributed by atoms with E-state index in [0.717, 1.165) is 19.4 Å². The molecule has 3 rings (SSSR count). The largest absolute Gasteiger partial charge is 0.490 e. The van der Waals surface area contributed by atoms with Crippen LogP contribution in [0.15, 0.2) is 18.2 Å². The van der Waals surface area contributed by atoms with Crippen LogP contribution in [0.3, 0.4) is 0 Å². The molecule has 2 aliphatic heterocycles. The molecule has 0 bridgehead atoms. The van der Waals surface area contributed by atoms with E-state index in [1.807, 2.05) is 0 Å². The molecule has 1 aromatic rings. The number of nitrogens with two attached hydrogens (primary N) is 1. The van der Waals surface area contributed by atoms with E-state index in [9.17, 15) is 4.79 Å². The molecule has 96 valence electrons. The van der Waals surface area contributed by atoms with Gasteiger partial charge in [-0.2, -0.15) is 0 Å². The second-order valence-corrected chi connectivity index (χ2v) is 4.70. The van der Waals surface area contributed by atoms with Crippen molar-refractivity contribution in [3.63, 3.8) is 0 Å². The van der Waals surface area contributed by atoms with Gasteiger partial charge < -0.3 is 20.5 Å². The molecule has 18 heavy (non-hydrogen) atoms. The van der Waals surface area contributed by atoms with E-state index in [2.05, 4.69) is 5.32 Å². The molecule has 0 radical (unpaired) electrons. The van der Waals surface area contributed by atoms with Crippen LogP contribution in [0.25, 0.3) is 0 Å². The number of amides is 1. The van der Waals surface area contributed by atoms with Gasteiger partial charge in [0.1, 0.15) is 18.5 Å². The van der Waals surface area contributed by atoms with Crippen molar-refractivity contribution in [2.75, 3.05) is 18.9 Å². The molecule has 0 aliphatic carbocycles. The van der Waals surface area contributed by atoms with Crippen LogP contribution in [0.5, 0.6) is 5.75 Å². The molecular formula is C13H16N2O3. The number of nitrogen functional groups attached to an aromatic ring is 1. The van der Waals surface area contributed by atoms with E-state index in [1.54, 1.807) is 18.2 Å². The van der Waals surface area contributed by atoms with Crippen molar-refractivity contribution in [3.05, 3.63) is 23.8 Å². The first kappa shape index (κ1) is 11.3. The Balaban J connectivity index is 1.92. The SMILES string of the molecule is Nc1ccc2c(c1)C(=O)NC1CCCOC1CO2. The lowest BCUT2D eigenvalue weighted by atomic mass is 10.0. The Morgan fingerprint density at radius 1 is 1.39 bits per heavy atom. The summed E-state index contributed by atoms with van der Waals surface area (Å²) in [6.07, 6.45) is 1.83. The maximum atomic E-state index is 12.2. The Bertz CT molecular complexity index is 475. The summed E-state index contributed by atoms with van der Waals surface area (Å²) in [5.41, 5.74) is 6.76. The van der Waals surface area contributed by atoms with Gasteiger partial charge in [-0.05, 0) is 31.0 Å². The standard InChI is InChI=1S/C13H16N2O3/c14-8-3-4-11-9(6-8)13(16)15-10-2-1-5-17-12(10)7-18-11/h3-4,6,10,12H,1-2,5,7,14H2,(H,15,16). The molecule has 3 N–H and O–H groups in total. The number of anilines is 1. The van der Waals surface area contributed by atoms with Crippen molar-refractivity contribution in [1.29, 1.82) is 0 Å². The van der Waals surface area contributed by atoms with Crippen LogP contribution in [0.1, 0.15) is 23.2 Å². The quantitative estimate of drug-likeness (QED) is 0.670. The van der Waals surface area contributed by atoms with Crippen LogP contribution < -0.4 is 15.8 Å². The molecule has 0 saturated carbocycles. The summed E-state index contributed by atoms with van der Waals surface area (Å²) in [5, 5.41) is 3.00. The van der Waals surface area contributed by atoms with Gasteiger partial charge in [-0.1, -0.05) is 0 Å². The maximum Gasteiger partial charge on any atom is 0.255 e. The Morgan fingerprint density at radius 2 is 2.28 bits per heavy atom. The van der Waals surface area contributed by atoms with Crippen LogP contribution in [0.2, 0.25) is 0 Å². The summed E-state index contributed by atoms with van der Waals surface area (Å²) in [5.74, 6) is 0.423. The number of carbonyl (C=O) groups excluding carboxylic acids is 1. The summed E-state index contributed by atoms with van der Waals surface area (Å²) in [7, 11) is 0. The topological polar surface area (TPSA) is 73.6 Å². The highest BCUT2D eigenvalue weighted by Crippen LogP contribution is 2.26. The molecule has 2 aliphatic rings. The van der Waals surface area contributed by atoms with E-state index in [4.69, 9.17) is 15.2 Å². The number of fused-ring (bicyclic) bond motifs is 2. The van der Waals surface area contributed by atoms with Gasteiger partial charge in [-0.3, -0.25) is 4.79 Å². The van der Waals surface area contributed by atoms with E-state index in [-0.39, 0.29) is 18.1 Å². The molecule has 1 saturated heterocycles. The highest BCUT2D eigenvalue weighted by molar-refractivity contribution is 5.98. The molecular weight excluding hydrogens is 232 g/mol. The monoisotopic (exact) mass is 248 g/mol. The second-order valence-electron chi connectivity index (χ2n) is 4.70. The molecule has 1 aromatic carbocycles. The lowest BCUT2D eigenvalue weighted by Crippen LogP contribution is -2.50. The zero-order chi connectivity index (χ0) is 12.5. The lowest BCUT2D eigenvalue weighted by Gasteiger charge is -2.34. The zero-order valence-electron chi connectivity index (χ0n) is 10.0. The Labute approximate surface area is 105 Å². The minimum atomic E-state index is -0.141. The van der Waals surface area contributed by atoms with Crippen molar-refractivity contribution in [2.24, 2.45) is 0 Å². The smallest absolute Gasteiger partial charge is 0.255 e.